The van der Waals surface area contributed by atoms with Crippen molar-refractivity contribution in [2.45, 2.75) is 53.7 Å². The number of aryl methyl sites for hydroxylation is 4. The zero-order valence-electron chi connectivity index (χ0n) is 64.5. The molecule has 13 aromatic heterocycles. The molecule has 598 valence electrons. The molecule has 18 rings (SSSR count). The molecule has 0 bridgehead atoms. The predicted octanol–water partition coefficient (Wildman–Crippen LogP) is 20.2. The summed E-state index contributed by atoms with van der Waals surface area (Å²) in [5.74, 6) is 4.09. The van der Waals surface area contributed by atoms with Crippen LogP contribution in [0.1, 0.15) is 29.7 Å². The Labute approximate surface area is 717 Å². The van der Waals surface area contributed by atoms with Crippen molar-refractivity contribution < 1.29 is 0 Å². The normalized spacial score (nSPS) is 10.8. The number of benzene rings is 5. The van der Waals surface area contributed by atoms with Gasteiger partial charge in [0.15, 0.2) is 11.6 Å². The van der Waals surface area contributed by atoms with Gasteiger partial charge in [0.05, 0.1) is 38.0 Å². The Morgan fingerprint density at radius 2 is 0.700 bits per heavy atom. The maximum atomic E-state index is 6.39. The minimum atomic E-state index is 0.189. The number of nitrogens with zero attached hydrogens (tertiary/aromatic N) is 18. The van der Waals surface area contributed by atoms with Gasteiger partial charge in [0.2, 0.25) is 29.7 Å². The van der Waals surface area contributed by atoms with Crippen LogP contribution in [0.3, 0.4) is 0 Å². The van der Waals surface area contributed by atoms with Crippen molar-refractivity contribution in [3.63, 3.8) is 0 Å². The molecule has 0 radical (unpaired) electrons. The Morgan fingerprint density at radius 1 is 0.325 bits per heavy atom. The summed E-state index contributed by atoms with van der Waals surface area (Å²) in [7, 11) is 0. The number of halogens is 4. The SMILES string of the molecule is CCc1cc(Nc2ccc3c(ccn3-c3ccncc3)c2)nc(N)n1.Cc1cc(Nc2cc(Cl)c(Sc3ccncc3)c(Cl)c2)nc(N)n1.Cc1nc(N)nc(Nc2ccc(Sc3ccncc3)cc2)c1Cl.Cc1nc(N)nc(Nc2ccc3c(ccn3-c3ccncc3)c2)c1Cl.Nc1nccc(Nc2ccc3c(ccn3-c3ccncc3)c2)n1. The zero-order chi connectivity index (χ0) is 83.6. The lowest BCUT2D eigenvalue weighted by Gasteiger charge is -2.11. The Kier molecular flexibility index (Phi) is 26.5. The maximum absolute atomic E-state index is 6.39. The van der Waals surface area contributed by atoms with Crippen molar-refractivity contribution in [3.8, 4) is 17.1 Å². The first-order valence-electron chi connectivity index (χ1n) is 36.8. The van der Waals surface area contributed by atoms with E-state index >= 15 is 0 Å². The fraction of sp³-hybridized carbons (Fsp3) is 0.0581. The van der Waals surface area contributed by atoms with Crippen LogP contribution in [0.5, 0.6) is 0 Å². The summed E-state index contributed by atoms with van der Waals surface area (Å²) in [5.41, 5.74) is 42.4. The first-order chi connectivity index (χ1) is 58.3. The van der Waals surface area contributed by atoms with Crippen LogP contribution in [0.15, 0.2) is 294 Å². The topological polar surface area (TPSA) is 398 Å². The third-order valence-electron chi connectivity index (χ3n) is 17.6. The molecule has 18 aromatic rings. The van der Waals surface area contributed by atoms with Crippen molar-refractivity contribution in [1.29, 1.82) is 0 Å². The van der Waals surface area contributed by atoms with E-state index in [-0.39, 0.29) is 29.7 Å². The lowest BCUT2D eigenvalue weighted by atomic mass is 10.2. The molecular weight excluding hydrogens is 1630 g/mol. The fourth-order valence-electron chi connectivity index (χ4n) is 12.2. The smallest absolute Gasteiger partial charge is 0.222 e. The van der Waals surface area contributed by atoms with Crippen molar-refractivity contribution in [2.75, 3.05) is 55.3 Å². The molecular formula is C86H74Cl4N28S2. The molecule has 0 saturated carbocycles. The average molecular weight is 1710 g/mol. The van der Waals surface area contributed by atoms with Crippen LogP contribution in [0.4, 0.5) is 87.3 Å². The summed E-state index contributed by atoms with van der Waals surface area (Å²) < 4.78 is 6.38. The fourth-order valence-corrected chi connectivity index (χ4v) is 14.7. The molecule has 5 aromatic carbocycles. The van der Waals surface area contributed by atoms with Gasteiger partial charge < -0.3 is 69.0 Å². The molecule has 0 aliphatic heterocycles. The van der Waals surface area contributed by atoms with Gasteiger partial charge in [0.25, 0.3) is 0 Å². The first-order valence-corrected chi connectivity index (χ1v) is 40.0. The minimum Gasteiger partial charge on any atom is -0.368 e. The van der Waals surface area contributed by atoms with Crippen LogP contribution in [0, 0.1) is 20.8 Å². The molecule has 13 heterocycles. The van der Waals surface area contributed by atoms with Gasteiger partial charge in [-0.2, -0.15) is 24.9 Å². The number of anilines is 15. The van der Waals surface area contributed by atoms with Crippen LogP contribution in [-0.2, 0) is 6.42 Å². The molecule has 28 nitrogen and oxygen atoms in total. The second-order valence-corrected chi connectivity index (χ2v) is 30.0. The molecule has 0 saturated heterocycles. The lowest BCUT2D eigenvalue weighted by molar-refractivity contribution is 1.01. The lowest BCUT2D eigenvalue weighted by Crippen LogP contribution is -2.03. The average Bonchev–Trinajstić information content (AvgIpc) is 1.66. The van der Waals surface area contributed by atoms with Crippen LogP contribution < -0.4 is 55.3 Å². The predicted molar refractivity (Wildman–Crippen MR) is 485 cm³/mol. The number of aromatic nitrogens is 18. The molecule has 0 spiro atoms. The van der Waals surface area contributed by atoms with Gasteiger partial charge in [-0.3, -0.25) is 24.9 Å². The van der Waals surface area contributed by atoms with E-state index in [1.807, 2.05) is 148 Å². The number of nitrogens with two attached hydrogens (primary N) is 5. The van der Waals surface area contributed by atoms with Gasteiger partial charge in [-0.1, -0.05) is 76.9 Å². The third kappa shape index (κ3) is 21.5. The first kappa shape index (κ1) is 82.3. The molecule has 0 unspecified atom stereocenters. The molecule has 0 fully saturated rings. The van der Waals surface area contributed by atoms with E-state index in [1.165, 1.54) is 11.8 Å². The number of hydrogen-bond acceptors (Lipinski definition) is 27. The second kappa shape index (κ2) is 38.7. The Balaban J connectivity index is 0.000000123. The summed E-state index contributed by atoms with van der Waals surface area (Å²) >= 11 is 28.4. The molecule has 0 aliphatic rings. The highest BCUT2D eigenvalue weighted by Crippen LogP contribution is 2.42. The summed E-state index contributed by atoms with van der Waals surface area (Å²) in [6, 6.07) is 61.4. The number of nitrogen functional groups attached to an aromatic ring is 5. The Bertz CT molecular complexity index is 6520. The molecule has 0 amide bonds. The van der Waals surface area contributed by atoms with Crippen LogP contribution in [-0.4, -0.2) is 88.5 Å². The van der Waals surface area contributed by atoms with Gasteiger partial charge in [-0.25, -0.2) is 24.9 Å². The number of hydrogen-bond donors (Lipinski definition) is 10. The van der Waals surface area contributed by atoms with Gasteiger partial charge in [-0.05, 0) is 203 Å². The molecule has 15 N–H and O–H groups in total. The Hall–Kier alpha value is -14.3. The van der Waals surface area contributed by atoms with Crippen LogP contribution in [0.25, 0.3) is 49.8 Å². The number of rotatable bonds is 18. The summed E-state index contributed by atoms with van der Waals surface area (Å²) in [6.07, 6.45) is 26.3. The van der Waals surface area contributed by atoms with Gasteiger partial charge in [-0.15, -0.1) is 0 Å². The van der Waals surface area contributed by atoms with E-state index in [9.17, 15) is 0 Å². The summed E-state index contributed by atoms with van der Waals surface area (Å²) in [5, 5.41) is 21.4. The van der Waals surface area contributed by atoms with Crippen LogP contribution >= 0.6 is 69.9 Å². The van der Waals surface area contributed by atoms with Crippen molar-refractivity contribution >= 4 is 190 Å². The monoisotopic (exact) mass is 1700 g/mol. The summed E-state index contributed by atoms with van der Waals surface area (Å²) in [6.45, 7) is 7.47. The molecule has 34 heteroatoms. The van der Waals surface area contributed by atoms with Crippen molar-refractivity contribution in [3.05, 3.63) is 318 Å². The van der Waals surface area contributed by atoms with E-state index in [0.717, 1.165) is 116 Å². The molecule has 0 aliphatic carbocycles. The van der Waals surface area contributed by atoms with Crippen molar-refractivity contribution in [2.24, 2.45) is 0 Å². The number of nitrogens with one attached hydrogen (secondary N) is 5. The standard InChI is InChI=1S/C19H18N6.C18H15ClN6.C17H14N6.C16H13Cl2N5S.C16H14ClN5S/c1-2-14-12-18(24-19(20)23-14)22-15-3-4-17-13(11-15)7-10-25(17)16-5-8-21-9-6-16;1-11-16(19)17(24-18(20)22-11)23-13-2-3-15-12(10-13)6-9-25(15)14-4-7-21-8-5-14;18-17-20-9-5-16(22-17)21-13-1-2-15-12(11-13)6-10-23(15)14-3-7-19-8-4-14;1-9-6-14(23-16(19)21-9)22-10-7-12(17)15(13(18)8-10)24-11-2-4-20-5-3-11;1-10-14(17)15(22-16(18)20-10)21-11-2-4-12(5-3-11)23-13-6-8-19-9-7-13/h3-12H,2H2,1H3,(H3,20,22,23,24);2-10H,1H3,(H3,20,22,23,24);1-11H,(H3,18,20,21,22);2-8H,1H3,(H3,19,21,22,23);2-9H,1H3,(H3,18,20,21,22). The molecule has 120 heavy (non-hydrogen) atoms. The quantitative estimate of drug-likeness (QED) is 0.0381. The summed E-state index contributed by atoms with van der Waals surface area (Å²) in [4.78, 5) is 65.3. The van der Waals surface area contributed by atoms with Gasteiger partial charge in [0, 0.05) is 192 Å². The highest BCUT2D eigenvalue weighted by Gasteiger charge is 2.16. The molecule has 0 atom stereocenters. The third-order valence-corrected chi connectivity index (χ3v) is 21.5. The minimum absolute atomic E-state index is 0.189. The maximum Gasteiger partial charge on any atom is 0.222 e. The van der Waals surface area contributed by atoms with E-state index in [1.54, 1.807) is 118 Å². The zero-order valence-corrected chi connectivity index (χ0v) is 69.1. The Morgan fingerprint density at radius 3 is 1.15 bits per heavy atom. The highest BCUT2D eigenvalue weighted by molar-refractivity contribution is 7.99. The largest absolute Gasteiger partial charge is 0.368 e. The number of pyridine rings is 5. The van der Waals surface area contributed by atoms with E-state index in [4.69, 9.17) is 75.1 Å². The van der Waals surface area contributed by atoms with Gasteiger partial charge in [0.1, 0.15) is 27.5 Å². The van der Waals surface area contributed by atoms with E-state index in [0.29, 0.717) is 60.6 Å². The highest BCUT2D eigenvalue weighted by atomic mass is 35.5. The van der Waals surface area contributed by atoms with Crippen molar-refractivity contribution in [1.82, 2.24) is 88.5 Å². The second-order valence-electron chi connectivity index (χ2n) is 26.2. The number of fused-ring (bicyclic) bond motifs is 3. The van der Waals surface area contributed by atoms with E-state index in [2.05, 4.69) is 164 Å². The van der Waals surface area contributed by atoms with Gasteiger partial charge >= 0.3 is 0 Å². The van der Waals surface area contributed by atoms with E-state index < -0.39 is 0 Å². The van der Waals surface area contributed by atoms with Crippen LogP contribution in [0.2, 0.25) is 20.1 Å².